The van der Waals surface area contributed by atoms with Crippen LogP contribution in [0.1, 0.15) is 70.9 Å². The van der Waals surface area contributed by atoms with E-state index in [-0.39, 0.29) is 23.9 Å². The third-order valence-electron chi connectivity index (χ3n) is 10.5. The molecule has 0 aromatic carbocycles. The first-order valence-corrected chi connectivity index (χ1v) is 14.1. The minimum Gasteiger partial charge on any atom is -0.467 e. The number of nitrogens with one attached hydrogen (secondary N) is 2. The number of terminal acetylenes is 1. The third kappa shape index (κ3) is 4.77. The molecule has 4 aliphatic carbocycles. The first-order valence-electron chi connectivity index (χ1n) is 14.1. The molecule has 5 rings (SSSR count). The van der Waals surface area contributed by atoms with E-state index >= 15 is 0 Å². The fourth-order valence-electron chi connectivity index (χ4n) is 8.26. The van der Waals surface area contributed by atoms with Gasteiger partial charge in [0, 0.05) is 23.7 Å². The zero-order chi connectivity index (χ0) is 27.8. The van der Waals surface area contributed by atoms with Gasteiger partial charge < -0.3 is 25.0 Å². The molecule has 4 aliphatic rings. The van der Waals surface area contributed by atoms with Gasteiger partial charge in [-0.2, -0.15) is 0 Å². The standard InChI is InChI=1S/C30H40N4O5/c1-5-30(37)13-10-24-22-7-6-19-14-20(8-11-28(19,2)23(22)9-12-29(24,30)3)34-39-17-26(35)33-25(27(36)38-4)15-21-16-31-18-32-21/h1,14,16,18,22-25,37H,6-13,15,17H2,2-4H3,(H,31,32)(H,33,35). The Morgan fingerprint density at radius 1 is 1.26 bits per heavy atom. The van der Waals surface area contributed by atoms with Crippen LogP contribution in [-0.2, 0) is 25.6 Å². The van der Waals surface area contributed by atoms with E-state index in [1.54, 1.807) is 6.20 Å². The van der Waals surface area contributed by atoms with Crippen molar-refractivity contribution in [3.05, 3.63) is 29.9 Å². The second-order valence-electron chi connectivity index (χ2n) is 12.3. The molecule has 1 amide bonds. The zero-order valence-corrected chi connectivity index (χ0v) is 23.2. The van der Waals surface area contributed by atoms with E-state index in [0.717, 1.165) is 50.7 Å². The second-order valence-corrected chi connectivity index (χ2v) is 12.3. The number of H-pyrrole nitrogens is 1. The lowest BCUT2D eigenvalue weighted by Crippen LogP contribution is -2.54. The van der Waals surface area contributed by atoms with E-state index in [9.17, 15) is 14.7 Å². The number of fused-ring (bicyclic) bond motifs is 5. The molecule has 1 heterocycles. The van der Waals surface area contributed by atoms with Crippen LogP contribution in [0.5, 0.6) is 0 Å². The lowest BCUT2D eigenvalue weighted by Gasteiger charge is -2.58. The van der Waals surface area contributed by atoms with Crippen molar-refractivity contribution in [3.63, 3.8) is 0 Å². The number of rotatable bonds is 7. The van der Waals surface area contributed by atoms with Crippen molar-refractivity contribution < 1.29 is 24.3 Å². The van der Waals surface area contributed by atoms with Crippen molar-refractivity contribution in [1.82, 2.24) is 15.3 Å². The van der Waals surface area contributed by atoms with E-state index in [4.69, 9.17) is 16.0 Å². The molecule has 1 aromatic rings. The van der Waals surface area contributed by atoms with Crippen molar-refractivity contribution in [3.8, 4) is 12.3 Å². The summed E-state index contributed by atoms with van der Waals surface area (Å²) in [4.78, 5) is 36.9. The summed E-state index contributed by atoms with van der Waals surface area (Å²) in [5.41, 5.74) is 1.91. The maximum atomic E-state index is 12.5. The number of imidazole rings is 1. The predicted octanol–water partition coefficient (Wildman–Crippen LogP) is 3.31. The van der Waals surface area contributed by atoms with Gasteiger partial charge in [-0.1, -0.05) is 30.5 Å². The lowest BCUT2D eigenvalue weighted by atomic mass is 9.46. The van der Waals surface area contributed by atoms with Gasteiger partial charge in [-0.25, -0.2) is 9.78 Å². The number of oxime groups is 1. The fraction of sp³-hybridized carbons (Fsp3) is 0.667. The smallest absolute Gasteiger partial charge is 0.328 e. The molecule has 0 aliphatic heterocycles. The number of aliphatic hydroxyl groups is 1. The molecule has 0 spiro atoms. The van der Waals surface area contributed by atoms with Crippen molar-refractivity contribution in [2.75, 3.05) is 13.7 Å². The van der Waals surface area contributed by atoms with Crippen molar-refractivity contribution >= 4 is 17.6 Å². The van der Waals surface area contributed by atoms with E-state index in [2.05, 4.69) is 46.3 Å². The maximum absolute atomic E-state index is 12.5. The number of methoxy groups -OCH3 is 1. The van der Waals surface area contributed by atoms with Gasteiger partial charge in [0.25, 0.3) is 5.91 Å². The van der Waals surface area contributed by atoms with Gasteiger partial charge >= 0.3 is 5.97 Å². The van der Waals surface area contributed by atoms with Crippen molar-refractivity contribution in [2.45, 2.75) is 83.3 Å². The van der Waals surface area contributed by atoms with Crippen LogP contribution in [0, 0.1) is 40.9 Å². The second kappa shape index (κ2) is 10.5. The highest BCUT2D eigenvalue weighted by Gasteiger charge is 2.63. The fourth-order valence-corrected chi connectivity index (χ4v) is 8.26. The molecule has 3 N–H and O–H groups in total. The molecule has 7 unspecified atom stereocenters. The molecule has 9 nitrogen and oxygen atoms in total. The SMILES string of the molecule is C#CC1(O)CCC2C3CCC4=CC(=NOCC(=O)NC(Cc5cnc[nH]5)C(=O)OC)CCC4(C)C3CCC21C. The summed E-state index contributed by atoms with van der Waals surface area (Å²) in [6.45, 7) is 4.33. The number of aromatic amines is 1. The number of allylic oxidation sites excluding steroid dienone is 2. The third-order valence-corrected chi connectivity index (χ3v) is 10.5. The van der Waals surface area contributed by atoms with E-state index in [1.165, 1.54) is 19.0 Å². The molecule has 1 aromatic heterocycles. The molecule has 3 fully saturated rings. The Hall–Kier alpha value is -3.12. The number of hydrogen-bond acceptors (Lipinski definition) is 7. The average molecular weight is 537 g/mol. The first-order chi connectivity index (χ1) is 18.6. The number of hydrogen-bond donors (Lipinski definition) is 3. The van der Waals surface area contributed by atoms with Crippen LogP contribution in [-0.4, -0.2) is 58.0 Å². The summed E-state index contributed by atoms with van der Waals surface area (Å²) >= 11 is 0. The first kappa shape index (κ1) is 27.4. The van der Waals surface area contributed by atoms with Crippen LogP contribution < -0.4 is 5.32 Å². The number of aromatic nitrogens is 2. The summed E-state index contributed by atoms with van der Waals surface area (Å²) in [5, 5.41) is 18.2. The van der Waals surface area contributed by atoms with Crippen LogP contribution in [0.4, 0.5) is 0 Å². The van der Waals surface area contributed by atoms with Gasteiger partial charge in [0.15, 0.2) is 6.61 Å². The Bertz CT molecular complexity index is 1200. The zero-order valence-electron chi connectivity index (χ0n) is 23.2. The number of carbonyl (C=O) groups is 2. The maximum Gasteiger partial charge on any atom is 0.328 e. The monoisotopic (exact) mass is 536 g/mol. The normalized spacial score (nSPS) is 36.9. The molecule has 7 atom stereocenters. The Morgan fingerprint density at radius 3 is 2.77 bits per heavy atom. The molecule has 210 valence electrons. The molecule has 0 saturated heterocycles. The van der Waals surface area contributed by atoms with Crippen LogP contribution in [0.15, 0.2) is 29.3 Å². The summed E-state index contributed by atoms with van der Waals surface area (Å²) in [6, 6.07) is -0.847. The highest BCUT2D eigenvalue weighted by molar-refractivity contribution is 5.96. The van der Waals surface area contributed by atoms with Crippen molar-refractivity contribution in [2.24, 2.45) is 33.7 Å². The highest BCUT2D eigenvalue weighted by atomic mass is 16.6. The minimum absolute atomic E-state index is 0.109. The Balaban J connectivity index is 1.20. The van der Waals surface area contributed by atoms with Gasteiger partial charge in [0.1, 0.15) is 11.6 Å². The summed E-state index contributed by atoms with van der Waals surface area (Å²) < 4.78 is 4.82. The Labute approximate surface area is 230 Å². The van der Waals surface area contributed by atoms with Crippen molar-refractivity contribution in [1.29, 1.82) is 0 Å². The predicted molar refractivity (Wildman–Crippen MR) is 145 cm³/mol. The number of carbonyl (C=O) groups excluding carboxylic acids is 2. The largest absolute Gasteiger partial charge is 0.467 e. The summed E-state index contributed by atoms with van der Waals surface area (Å²) in [7, 11) is 1.28. The Kier molecular flexibility index (Phi) is 7.36. The van der Waals surface area contributed by atoms with E-state index in [0.29, 0.717) is 29.9 Å². The van der Waals surface area contributed by atoms with Gasteiger partial charge in [-0.3, -0.25) is 4.79 Å². The molecule has 0 bridgehead atoms. The average Bonchev–Trinajstić information content (AvgIpc) is 3.53. The summed E-state index contributed by atoms with van der Waals surface area (Å²) in [5.74, 6) is 3.40. The number of nitrogens with zero attached hydrogens (tertiary/aromatic N) is 2. The quantitative estimate of drug-likeness (QED) is 0.279. The van der Waals surface area contributed by atoms with E-state index < -0.39 is 23.5 Å². The lowest BCUT2D eigenvalue weighted by molar-refractivity contribution is -0.145. The number of esters is 1. The van der Waals surface area contributed by atoms with Gasteiger partial charge in [0.2, 0.25) is 0 Å². The molecule has 39 heavy (non-hydrogen) atoms. The molecular weight excluding hydrogens is 496 g/mol. The molecule has 9 heteroatoms. The molecule has 0 radical (unpaired) electrons. The van der Waals surface area contributed by atoms with Gasteiger partial charge in [0.05, 0.1) is 19.1 Å². The van der Waals surface area contributed by atoms with Gasteiger partial charge in [-0.05, 0) is 80.6 Å². The topological polar surface area (TPSA) is 126 Å². The number of amides is 1. The van der Waals surface area contributed by atoms with Crippen LogP contribution in [0.2, 0.25) is 0 Å². The van der Waals surface area contributed by atoms with Crippen LogP contribution >= 0.6 is 0 Å². The van der Waals surface area contributed by atoms with Crippen LogP contribution in [0.3, 0.4) is 0 Å². The number of ether oxygens (including phenoxy) is 1. The molecule has 3 saturated carbocycles. The van der Waals surface area contributed by atoms with Crippen LogP contribution in [0.25, 0.3) is 0 Å². The Morgan fingerprint density at radius 2 is 2.05 bits per heavy atom. The van der Waals surface area contributed by atoms with Gasteiger partial charge in [-0.15, -0.1) is 6.42 Å². The van der Waals surface area contributed by atoms with E-state index in [1.807, 2.05) is 0 Å². The highest BCUT2D eigenvalue weighted by Crippen LogP contribution is 2.67. The minimum atomic E-state index is -0.981. The summed E-state index contributed by atoms with van der Waals surface area (Å²) in [6.07, 6.45) is 19.0. The molecular formula is C30H40N4O5.